The van der Waals surface area contributed by atoms with Gasteiger partial charge in [0.1, 0.15) is 29.3 Å². The van der Waals surface area contributed by atoms with E-state index in [0.717, 1.165) is 12.1 Å². The van der Waals surface area contributed by atoms with Crippen molar-refractivity contribution in [2.75, 3.05) is 0 Å². The summed E-state index contributed by atoms with van der Waals surface area (Å²) in [5, 5.41) is 2.63. The van der Waals surface area contributed by atoms with Gasteiger partial charge in [-0.2, -0.15) is 0 Å². The fourth-order valence-corrected chi connectivity index (χ4v) is 2.52. The summed E-state index contributed by atoms with van der Waals surface area (Å²) < 4.78 is 42.2. The molecule has 1 atom stereocenters. The molecule has 128 valence electrons. The molecule has 7 heteroatoms. The highest BCUT2D eigenvalue weighted by Crippen LogP contribution is 2.22. The van der Waals surface area contributed by atoms with Crippen molar-refractivity contribution in [2.24, 2.45) is 7.05 Å². The fourth-order valence-electron chi connectivity index (χ4n) is 2.52. The van der Waals surface area contributed by atoms with Gasteiger partial charge in [0, 0.05) is 25.5 Å². The number of hydrogen-bond donors (Lipinski definition) is 1. The van der Waals surface area contributed by atoms with E-state index in [-0.39, 0.29) is 5.56 Å². The van der Waals surface area contributed by atoms with Gasteiger partial charge >= 0.3 is 0 Å². The van der Waals surface area contributed by atoms with Crippen LogP contribution in [0, 0.1) is 17.5 Å². The second kappa shape index (κ2) is 6.80. The van der Waals surface area contributed by atoms with Gasteiger partial charge in [-0.1, -0.05) is 12.1 Å². The van der Waals surface area contributed by atoms with Gasteiger partial charge in [0.05, 0.1) is 5.56 Å². The number of nitrogens with zero attached hydrogens (tertiary/aromatic N) is 2. The van der Waals surface area contributed by atoms with E-state index in [1.807, 2.05) is 0 Å². The lowest BCUT2D eigenvalue weighted by molar-refractivity contribution is 0.0937. The van der Waals surface area contributed by atoms with Crippen LogP contribution in [0.4, 0.5) is 13.2 Å². The van der Waals surface area contributed by atoms with Crippen LogP contribution >= 0.6 is 0 Å². The van der Waals surface area contributed by atoms with Crippen molar-refractivity contribution < 1.29 is 18.0 Å². The van der Waals surface area contributed by atoms with E-state index >= 15 is 0 Å². The Balaban J connectivity index is 1.98. The summed E-state index contributed by atoms with van der Waals surface area (Å²) in [4.78, 5) is 16.6. The Labute approximate surface area is 141 Å². The van der Waals surface area contributed by atoms with Crippen LogP contribution < -0.4 is 5.32 Å². The standard InChI is InChI=1S/C18H14F3N3O/c1-24-8-7-22-17(24)16(11-3-2-4-12(19)9-11)23-18(25)14-6-5-13(20)10-15(14)21/h2-10,16H,1H3,(H,23,25)/t16-/m1/s1. The average molecular weight is 345 g/mol. The molecule has 0 aliphatic rings. The Hall–Kier alpha value is -3.09. The maximum absolute atomic E-state index is 13.9. The summed E-state index contributed by atoms with van der Waals surface area (Å²) in [7, 11) is 1.72. The van der Waals surface area contributed by atoms with Gasteiger partial charge in [-0.3, -0.25) is 4.79 Å². The first-order valence-corrected chi connectivity index (χ1v) is 7.44. The number of aromatic nitrogens is 2. The minimum absolute atomic E-state index is 0.308. The largest absolute Gasteiger partial charge is 0.338 e. The number of halogens is 3. The van der Waals surface area contributed by atoms with Gasteiger partial charge in [-0.05, 0) is 29.8 Å². The quantitative estimate of drug-likeness (QED) is 0.788. The third-order valence-electron chi connectivity index (χ3n) is 3.75. The Morgan fingerprint density at radius 2 is 1.88 bits per heavy atom. The molecule has 3 rings (SSSR count). The van der Waals surface area contributed by atoms with E-state index in [1.54, 1.807) is 23.9 Å². The van der Waals surface area contributed by atoms with Crippen LogP contribution in [0.15, 0.2) is 54.9 Å². The predicted octanol–water partition coefficient (Wildman–Crippen LogP) is 3.36. The first kappa shape index (κ1) is 16.8. The molecule has 0 saturated carbocycles. The fraction of sp³-hybridized carbons (Fsp3) is 0.111. The number of amides is 1. The number of aryl methyl sites for hydroxylation is 1. The number of imidazole rings is 1. The molecule has 0 bridgehead atoms. The number of hydrogen-bond acceptors (Lipinski definition) is 2. The van der Waals surface area contributed by atoms with E-state index in [1.165, 1.54) is 24.4 Å². The SMILES string of the molecule is Cn1ccnc1[C@H](NC(=O)c1ccc(F)cc1F)c1cccc(F)c1. The third-order valence-corrected chi connectivity index (χ3v) is 3.75. The molecule has 1 N–H and O–H groups in total. The second-order valence-corrected chi connectivity index (χ2v) is 5.48. The molecule has 0 fully saturated rings. The number of nitrogens with one attached hydrogen (secondary N) is 1. The van der Waals surface area contributed by atoms with Gasteiger partial charge in [-0.15, -0.1) is 0 Å². The molecule has 1 aromatic heterocycles. The predicted molar refractivity (Wildman–Crippen MR) is 85.3 cm³/mol. The molecule has 0 saturated heterocycles. The van der Waals surface area contributed by atoms with Crippen molar-refractivity contribution in [3.05, 3.63) is 89.3 Å². The summed E-state index contributed by atoms with van der Waals surface area (Å²) in [5.41, 5.74) is 0.141. The normalized spacial score (nSPS) is 12.0. The lowest BCUT2D eigenvalue weighted by Gasteiger charge is -2.19. The molecule has 0 aliphatic heterocycles. The lowest BCUT2D eigenvalue weighted by Crippen LogP contribution is -2.31. The van der Waals surface area contributed by atoms with Crippen molar-refractivity contribution in [3.8, 4) is 0 Å². The van der Waals surface area contributed by atoms with E-state index < -0.39 is 29.4 Å². The maximum Gasteiger partial charge on any atom is 0.255 e. The number of benzene rings is 2. The minimum atomic E-state index is -0.977. The van der Waals surface area contributed by atoms with Crippen LogP contribution in [-0.4, -0.2) is 15.5 Å². The molecular formula is C18H14F3N3O. The molecule has 0 spiro atoms. The molecule has 1 heterocycles. The van der Waals surface area contributed by atoms with Crippen molar-refractivity contribution in [1.82, 2.24) is 14.9 Å². The molecule has 0 unspecified atom stereocenters. The van der Waals surface area contributed by atoms with Crippen LogP contribution in [0.1, 0.15) is 27.8 Å². The average Bonchev–Trinajstić information content (AvgIpc) is 2.98. The number of carbonyl (C=O) groups is 1. The van der Waals surface area contributed by atoms with Crippen LogP contribution in [0.3, 0.4) is 0 Å². The second-order valence-electron chi connectivity index (χ2n) is 5.48. The van der Waals surface area contributed by atoms with Crippen molar-refractivity contribution in [1.29, 1.82) is 0 Å². The highest BCUT2D eigenvalue weighted by atomic mass is 19.1. The highest BCUT2D eigenvalue weighted by Gasteiger charge is 2.23. The van der Waals surface area contributed by atoms with Gasteiger partial charge in [0.2, 0.25) is 0 Å². The van der Waals surface area contributed by atoms with Gasteiger partial charge in [0.25, 0.3) is 5.91 Å². The third kappa shape index (κ3) is 3.55. The molecule has 0 aliphatic carbocycles. The molecular weight excluding hydrogens is 331 g/mol. The summed E-state index contributed by atoms with van der Waals surface area (Å²) in [5.74, 6) is -2.54. The van der Waals surface area contributed by atoms with Crippen LogP contribution in [-0.2, 0) is 7.05 Å². The molecule has 2 aromatic carbocycles. The first-order chi connectivity index (χ1) is 12.0. The molecule has 1 amide bonds. The highest BCUT2D eigenvalue weighted by molar-refractivity contribution is 5.94. The number of rotatable bonds is 4. The topological polar surface area (TPSA) is 46.9 Å². The van der Waals surface area contributed by atoms with Crippen molar-refractivity contribution >= 4 is 5.91 Å². The van der Waals surface area contributed by atoms with Crippen LogP contribution in [0.2, 0.25) is 0 Å². The van der Waals surface area contributed by atoms with Gasteiger partial charge in [0.15, 0.2) is 0 Å². The van der Waals surface area contributed by atoms with Gasteiger partial charge < -0.3 is 9.88 Å². The zero-order valence-electron chi connectivity index (χ0n) is 13.2. The van der Waals surface area contributed by atoms with Crippen LogP contribution in [0.5, 0.6) is 0 Å². The van der Waals surface area contributed by atoms with Crippen molar-refractivity contribution in [3.63, 3.8) is 0 Å². The van der Waals surface area contributed by atoms with Gasteiger partial charge in [-0.25, -0.2) is 18.2 Å². The number of carbonyl (C=O) groups excluding carboxylic acids is 1. The van der Waals surface area contributed by atoms with E-state index in [0.29, 0.717) is 17.5 Å². The van der Waals surface area contributed by atoms with Crippen LogP contribution in [0.25, 0.3) is 0 Å². The summed E-state index contributed by atoms with van der Waals surface area (Å²) >= 11 is 0. The summed E-state index contributed by atoms with van der Waals surface area (Å²) in [6.45, 7) is 0. The Morgan fingerprint density at radius 3 is 2.52 bits per heavy atom. The summed E-state index contributed by atoms with van der Waals surface area (Å²) in [6, 6.07) is 7.56. The lowest BCUT2D eigenvalue weighted by atomic mass is 10.0. The summed E-state index contributed by atoms with van der Waals surface area (Å²) in [6.07, 6.45) is 3.21. The molecule has 0 radical (unpaired) electrons. The Morgan fingerprint density at radius 1 is 1.12 bits per heavy atom. The Bertz CT molecular complexity index is 923. The van der Waals surface area contributed by atoms with E-state index in [2.05, 4.69) is 10.3 Å². The van der Waals surface area contributed by atoms with Crippen molar-refractivity contribution in [2.45, 2.75) is 6.04 Å². The minimum Gasteiger partial charge on any atom is -0.338 e. The molecule has 4 nitrogen and oxygen atoms in total. The van der Waals surface area contributed by atoms with E-state index in [4.69, 9.17) is 0 Å². The molecule has 25 heavy (non-hydrogen) atoms. The zero-order valence-corrected chi connectivity index (χ0v) is 13.2. The smallest absolute Gasteiger partial charge is 0.255 e. The Kier molecular flexibility index (Phi) is 4.56. The van der Waals surface area contributed by atoms with E-state index in [9.17, 15) is 18.0 Å². The monoisotopic (exact) mass is 345 g/mol. The maximum atomic E-state index is 13.9. The first-order valence-electron chi connectivity index (χ1n) is 7.44. The molecule has 3 aromatic rings. The zero-order chi connectivity index (χ0) is 18.0.